The Morgan fingerprint density at radius 1 is 0.607 bits per heavy atom. The van der Waals surface area contributed by atoms with Crippen molar-refractivity contribution in [2.45, 2.75) is 136 Å². The van der Waals surface area contributed by atoms with Gasteiger partial charge in [-0.2, -0.15) is 0 Å². The topological polar surface area (TPSA) is 242 Å². The molecule has 310 valence electrons. The van der Waals surface area contributed by atoms with Gasteiger partial charge in [0.15, 0.2) is 23.8 Å². The molecule has 0 radical (unpaired) electrons. The first kappa shape index (κ1) is 47.0. The minimum absolute atomic E-state index is 0.0432. The van der Waals surface area contributed by atoms with Gasteiger partial charge in [0, 0.05) is 17.9 Å². The van der Waals surface area contributed by atoms with Crippen LogP contribution in [-0.4, -0.2) is 58.1 Å². The maximum Gasteiger partial charge on any atom is 0.305 e. The van der Waals surface area contributed by atoms with Crippen molar-refractivity contribution in [2.24, 2.45) is 11.8 Å². The highest BCUT2D eigenvalue weighted by Crippen LogP contribution is 2.25. The summed E-state index contributed by atoms with van der Waals surface area (Å²) in [5.74, 6) is -1.81. The predicted molar refractivity (Wildman–Crippen MR) is 228 cm³/mol. The maximum absolute atomic E-state index is 11.9. The summed E-state index contributed by atoms with van der Waals surface area (Å²) in [5.41, 5.74) is 2.42. The first-order chi connectivity index (χ1) is 26.8. The Bertz CT molecular complexity index is 1510. The summed E-state index contributed by atoms with van der Waals surface area (Å²) < 4.78 is 0. The van der Waals surface area contributed by atoms with E-state index in [0.29, 0.717) is 43.3 Å². The van der Waals surface area contributed by atoms with Gasteiger partial charge < -0.3 is 31.5 Å². The number of nitrogens with one attached hydrogen (secondary N) is 10. The number of unbranched alkanes of at least 4 members (excludes halogenated alkanes) is 4. The van der Waals surface area contributed by atoms with Gasteiger partial charge in [0.05, 0.1) is 18.4 Å². The molecule has 0 aliphatic rings. The summed E-state index contributed by atoms with van der Waals surface area (Å²) in [7, 11) is 0. The van der Waals surface area contributed by atoms with E-state index in [1.807, 2.05) is 36.4 Å². The molecule has 0 spiro atoms. The van der Waals surface area contributed by atoms with Gasteiger partial charge in [-0.15, -0.1) is 0 Å². The van der Waals surface area contributed by atoms with Gasteiger partial charge in [-0.25, -0.2) is 0 Å². The average molecular weight is 777 g/mol. The zero-order chi connectivity index (χ0) is 41.3. The molecule has 14 heteroatoms. The SMILES string of the molecule is CCCCC(CC)Cc1ccc(NC(=N)NC(=N)NCCCCCC(CC(=O)O)(CC(=O)O)NC(=N)NC(=N)Nc2ccc(CC(CC)CCCC)cc2)cc1. The van der Waals surface area contributed by atoms with Gasteiger partial charge in [-0.3, -0.25) is 41.9 Å². The largest absolute Gasteiger partial charge is 0.481 e. The van der Waals surface area contributed by atoms with E-state index in [2.05, 4.69) is 71.7 Å². The lowest BCUT2D eigenvalue weighted by Crippen LogP contribution is -2.56. The van der Waals surface area contributed by atoms with E-state index in [-0.39, 0.29) is 30.3 Å². The van der Waals surface area contributed by atoms with Gasteiger partial charge in [-0.05, 0) is 72.9 Å². The number of carbonyl (C=O) groups is 2. The van der Waals surface area contributed by atoms with E-state index < -0.39 is 30.3 Å². The molecule has 2 rings (SSSR count). The fourth-order valence-electron chi connectivity index (χ4n) is 6.89. The average Bonchev–Trinajstić information content (AvgIpc) is 3.13. The van der Waals surface area contributed by atoms with E-state index >= 15 is 0 Å². The molecule has 0 saturated carbocycles. The van der Waals surface area contributed by atoms with Crippen LogP contribution in [0.25, 0.3) is 0 Å². The smallest absolute Gasteiger partial charge is 0.305 e. The van der Waals surface area contributed by atoms with Crippen LogP contribution in [-0.2, 0) is 22.4 Å². The Kier molecular flexibility index (Phi) is 21.7. The summed E-state index contributed by atoms with van der Waals surface area (Å²) >= 11 is 0. The minimum Gasteiger partial charge on any atom is -0.481 e. The highest BCUT2D eigenvalue weighted by Gasteiger charge is 2.36. The van der Waals surface area contributed by atoms with E-state index in [9.17, 15) is 19.8 Å². The van der Waals surface area contributed by atoms with Crippen LogP contribution in [0, 0.1) is 33.5 Å². The van der Waals surface area contributed by atoms with Crippen LogP contribution in [0.3, 0.4) is 0 Å². The maximum atomic E-state index is 11.9. The van der Waals surface area contributed by atoms with Crippen molar-refractivity contribution in [1.29, 1.82) is 21.6 Å². The lowest BCUT2D eigenvalue weighted by molar-refractivity contribution is -0.141. The Balaban J connectivity index is 1.82. The molecule has 2 aromatic rings. The molecule has 56 heavy (non-hydrogen) atoms. The number of anilines is 2. The summed E-state index contributed by atoms with van der Waals surface area (Å²) in [6.45, 7) is 9.26. The Morgan fingerprint density at radius 2 is 1.05 bits per heavy atom. The Morgan fingerprint density at radius 3 is 1.46 bits per heavy atom. The molecule has 0 fully saturated rings. The van der Waals surface area contributed by atoms with Crippen LogP contribution >= 0.6 is 0 Å². The molecule has 0 amide bonds. The fraction of sp³-hybridized carbons (Fsp3) is 0.571. The molecule has 0 heterocycles. The normalized spacial score (nSPS) is 12.1. The molecule has 0 aliphatic heterocycles. The van der Waals surface area contributed by atoms with Crippen molar-refractivity contribution in [3.05, 3.63) is 59.7 Å². The lowest BCUT2D eigenvalue weighted by atomic mass is 9.85. The van der Waals surface area contributed by atoms with Crippen molar-refractivity contribution in [1.82, 2.24) is 21.3 Å². The summed E-state index contributed by atoms with van der Waals surface area (Å²) in [5, 5.41) is 69.4. The lowest BCUT2D eigenvalue weighted by Gasteiger charge is -2.33. The second-order valence-corrected chi connectivity index (χ2v) is 14.9. The van der Waals surface area contributed by atoms with Crippen molar-refractivity contribution < 1.29 is 19.8 Å². The Hall–Kier alpha value is -5.14. The molecule has 0 aromatic heterocycles. The minimum atomic E-state index is -1.47. The number of aliphatic carboxylic acids is 2. The molecule has 14 nitrogen and oxygen atoms in total. The van der Waals surface area contributed by atoms with Crippen molar-refractivity contribution in [3.63, 3.8) is 0 Å². The van der Waals surface area contributed by atoms with Crippen molar-refractivity contribution in [3.8, 4) is 0 Å². The number of carboxylic acid groups (broad SMARTS) is 2. The zero-order valence-electron chi connectivity index (χ0n) is 34.0. The van der Waals surface area contributed by atoms with Crippen LogP contribution in [0.15, 0.2) is 48.5 Å². The predicted octanol–water partition coefficient (Wildman–Crippen LogP) is 8.07. The number of rotatable bonds is 25. The van der Waals surface area contributed by atoms with Crippen LogP contribution in [0.1, 0.15) is 129 Å². The summed E-state index contributed by atoms with van der Waals surface area (Å²) in [4.78, 5) is 23.7. The van der Waals surface area contributed by atoms with Gasteiger partial charge >= 0.3 is 11.9 Å². The van der Waals surface area contributed by atoms with Gasteiger partial charge in [-0.1, -0.05) is 116 Å². The van der Waals surface area contributed by atoms with Gasteiger partial charge in [0.2, 0.25) is 0 Å². The molecule has 0 aliphatic carbocycles. The second kappa shape index (κ2) is 25.8. The van der Waals surface area contributed by atoms with Gasteiger partial charge in [0.25, 0.3) is 0 Å². The molecule has 0 saturated heterocycles. The quantitative estimate of drug-likeness (QED) is 0.0263. The summed E-state index contributed by atoms with van der Waals surface area (Å²) in [6, 6.07) is 15.8. The molecular formula is C42H68N10O4. The van der Waals surface area contributed by atoms with E-state index in [1.165, 1.54) is 49.7 Å². The zero-order valence-corrected chi connectivity index (χ0v) is 34.0. The van der Waals surface area contributed by atoms with Crippen LogP contribution < -0.4 is 31.9 Å². The number of carboxylic acids is 2. The number of benzene rings is 2. The molecular weight excluding hydrogens is 709 g/mol. The van der Waals surface area contributed by atoms with Crippen LogP contribution in [0.5, 0.6) is 0 Å². The Labute approximate surface area is 333 Å². The second-order valence-electron chi connectivity index (χ2n) is 14.9. The molecule has 0 bridgehead atoms. The number of hydrogen-bond acceptors (Lipinski definition) is 6. The van der Waals surface area contributed by atoms with Crippen LogP contribution in [0.4, 0.5) is 11.4 Å². The number of hydrogen-bond donors (Lipinski definition) is 12. The molecule has 12 N–H and O–H groups in total. The molecule has 2 atom stereocenters. The van der Waals surface area contributed by atoms with E-state index in [0.717, 1.165) is 31.4 Å². The molecule has 2 unspecified atom stereocenters. The van der Waals surface area contributed by atoms with Crippen molar-refractivity contribution >= 4 is 47.2 Å². The molecule has 2 aromatic carbocycles. The standard InChI is InChI=1S/C42H68N10O4/c1-5-9-14-30(7-3)26-32-16-20-34(21-17-32)48-39(44)50-38(43)47-25-13-11-12-24-42(28-36(53)54,29-37(55)56)52-41(46)51-40(45)49-35-22-18-33(19-23-35)27-31(8-4)15-10-6-2/h16-23,30-31H,5-15,24-29H2,1-4H3,(H,53,54)(H,55,56)(H5,43,44,47,48,50)(H5,45,46,49,51,52). The highest BCUT2D eigenvalue weighted by molar-refractivity contribution is 6.03. The van der Waals surface area contributed by atoms with E-state index in [1.54, 1.807) is 0 Å². The van der Waals surface area contributed by atoms with Crippen LogP contribution in [0.2, 0.25) is 0 Å². The third-order valence-electron chi connectivity index (χ3n) is 10.1. The van der Waals surface area contributed by atoms with Gasteiger partial charge in [0.1, 0.15) is 0 Å². The van der Waals surface area contributed by atoms with E-state index in [4.69, 9.17) is 21.6 Å². The first-order valence-electron chi connectivity index (χ1n) is 20.4. The third-order valence-corrected chi connectivity index (χ3v) is 10.1. The first-order valence-corrected chi connectivity index (χ1v) is 20.4. The summed E-state index contributed by atoms with van der Waals surface area (Å²) in [6.07, 6.45) is 12.3. The monoisotopic (exact) mass is 777 g/mol. The van der Waals surface area contributed by atoms with Crippen molar-refractivity contribution in [2.75, 3.05) is 17.2 Å². The third kappa shape index (κ3) is 19.4. The number of guanidine groups is 4. The fourth-order valence-corrected chi connectivity index (χ4v) is 6.89. The highest BCUT2D eigenvalue weighted by atomic mass is 16.4.